The second-order valence-corrected chi connectivity index (χ2v) is 4.26. The fourth-order valence-corrected chi connectivity index (χ4v) is 2.01. The van der Waals surface area contributed by atoms with E-state index in [4.69, 9.17) is 9.52 Å². The molecule has 1 aromatic heterocycles. The maximum absolute atomic E-state index is 13.8. The molecule has 6 heteroatoms. The minimum atomic E-state index is -1.25. The molecule has 0 aliphatic carbocycles. The quantitative estimate of drug-likeness (QED) is 0.893. The lowest BCUT2D eigenvalue weighted by Crippen LogP contribution is -2.48. The average molecular weight is 253 g/mol. The van der Waals surface area contributed by atoms with Gasteiger partial charge in [-0.05, 0) is 6.07 Å². The van der Waals surface area contributed by atoms with Gasteiger partial charge in [-0.25, -0.2) is 13.6 Å². The number of carbonyl (C=O) groups is 1. The zero-order valence-electron chi connectivity index (χ0n) is 9.19. The standard InChI is InChI=1S/C12H9F2NO3/c13-6-4-15(5-6)7-1-9(14)8-3-11(12(16)17)18-10(8)2-7/h1-3,6H,4-5H2,(H,16,17). The van der Waals surface area contributed by atoms with Gasteiger partial charge in [0.2, 0.25) is 5.76 Å². The first kappa shape index (κ1) is 11.0. The molecule has 0 bridgehead atoms. The highest BCUT2D eigenvalue weighted by molar-refractivity contribution is 5.92. The van der Waals surface area contributed by atoms with Crippen molar-refractivity contribution in [1.29, 1.82) is 0 Å². The van der Waals surface area contributed by atoms with Gasteiger partial charge in [-0.2, -0.15) is 0 Å². The Morgan fingerprint density at radius 1 is 1.39 bits per heavy atom. The smallest absolute Gasteiger partial charge is 0.371 e. The molecule has 1 saturated heterocycles. The Bertz CT molecular complexity index is 632. The van der Waals surface area contributed by atoms with Crippen molar-refractivity contribution in [2.75, 3.05) is 18.0 Å². The van der Waals surface area contributed by atoms with Gasteiger partial charge in [0.25, 0.3) is 0 Å². The van der Waals surface area contributed by atoms with Gasteiger partial charge in [0.05, 0.1) is 18.5 Å². The highest BCUT2D eigenvalue weighted by Gasteiger charge is 2.27. The molecule has 1 aliphatic heterocycles. The normalized spacial score (nSPS) is 16.0. The Morgan fingerprint density at radius 2 is 2.11 bits per heavy atom. The molecule has 0 unspecified atom stereocenters. The summed E-state index contributed by atoms with van der Waals surface area (Å²) in [5, 5.41) is 8.89. The summed E-state index contributed by atoms with van der Waals surface area (Å²) in [5.74, 6) is -2.13. The van der Waals surface area contributed by atoms with Crippen LogP contribution in [0.2, 0.25) is 0 Å². The highest BCUT2D eigenvalue weighted by Crippen LogP contribution is 2.30. The van der Waals surface area contributed by atoms with Crippen LogP contribution >= 0.6 is 0 Å². The zero-order valence-corrected chi connectivity index (χ0v) is 9.19. The third-order valence-electron chi connectivity index (χ3n) is 2.98. The Balaban J connectivity index is 2.06. The fourth-order valence-electron chi connectivity index (χ4n) is 2.01. The average Bonchev–Trinajstić information content (AvgIpc) is 2.69. The SMILES string of the molecule is O=C(O)c1cc2c(F)cc(N3CC(F)C3)cc2o1. The van der Waals surface area contributed by atoms with E-state index in [1.165, 1.54) is 12.1 Å². The largest absolute Gasteiger partial charge is 0.475 e. The van der Waals surface area contributed by atoms with Crippen LogP contribution in [0.15, 0.2) is 22.6 Å². The van der Waals surface area contributed by atoms with Crippen molar-refractivity contribution in [1.82, 2.24) is 0 Å². The molecule has 1 fully saturated rings. The number of fused-ring (bicyclic) bond motifs is 1. The van der Waals surface area contributed by atoms with E-state index in [-0.39, 0.29) is 29.8 Å². The molecule has 1 N–H and O–H groups in total. The first-order chi connectivity index (χ1) is 8.54. The number of carboxylic acids is 1. The topological polar surface area (TPSA) is 53.7 Å². The molecule has 94 valence electrons. The van der Waals surface area contributed by atoms with Crippen molar-refractivity contribution in [3.05, 3.63) is 29.8 Å². The summed E-state index contributed by atoms with van der Waals surface area (Å²) < 4.78 is 31.5. The molecule has 0 amide bonds. The minimum Gasteiger partial charge on any atom is -0.475 e. The summed E-state index contributed by atoms with van der Waals surface area (Å²) in [6.07, 6.45) is -0.894. The predicted octanol–water partition coefficient (Wildman–Crippen LogP) is 2.43. The predicted molar refractivity (Wildman–Crippen MR) is 60.2 cm³/mol. The van der Waals surface area contributed by atoms with Crippen molar-refractivity contribution in [3.8, 4) is 0 Å². The van der Waals surface area contributed by atoms with Crippen LogP contribution < -0.4 is 4.90 Å². The maximum atomic E-state index is 13.8. The summed E-state index contributed by atoms with van der Waals surface area (Å²) >= 11 is 0. The van der Waals surface area contributed by atoms with Crippen LogP contribution in [0.5, 0.6) is 0 Å². The maximum Gasteiger partial charge on any atom is 0.371 e. The third kappa shape index (κ3) is 1.61. The molecular weight excluding hydrogens is 244 g/mol. The summed E-state index contributed by atoms with van der Waals surface area (Å²) in [4.78, 5) is 12.4. The number of furan rings is 1. The van der Waals surface area contributed by atoms with Crippen LogP contribution in [0.4, 0.5) is 14.5 Å². The van der Waals surface area contributed by atoms with Crippen molar-refractivity contribution >= 4 is 22.6 Å². The summed E-state index contributed by atoms with van der Waals surface area (Å²) in [7, 11) is 0. The summed E-state index contributed by atoms with van der Waals surface area (Å²) in [5.41, 5.74) is 0.657. The van der Waals surface area contributed by atoms with E-state index in [0.29, 0.717) is 5.69 Å². The van der Waals surface area contributed by atoms with Gasteiger partial charge >= 0.3 is 5.97 Å². The summed E-state index contributed by atoms with van der Waals surface area (Å²) in [6, 6.07) is 3.93. The second kappa shape index (κ2) is 3.69. The van der Waals surface area contributed by atoms with E-state index in [2.05, 4.69) is 0 Å². The Kier molecular flexibility index (Phi) is 2.26. The fraction of sp³-hybridized carbons (Fsp3) is 0.250. The van der Waals surface area contributed by atoms with Crippen LogP contribution in [0.1, 0.15) is 10.6 Å². The van der Waals surface area contributed by atoms with E-state index in [1.807, 2.05) is 0 Å². The molecule has 0 spiro atoms. The van der Waals surface area contributed by atoms with Gasteiger partial charge in [-0.1, -0.05) is 0 Å². The van der Waals surface area contributed by atoms with E-state index in [1.54, 1.807) is 4.90 Å². The van der Waals surface area contributed by atoms with E-state index in [9.17, 15) is 13.6 Å². The van der Waals surface area contributed by atoms with Crippen LogP contribution in [-0.2, 0) is 0 Å². The molecule has 0 radical (unpaired) electrons. The first-order valence-electron chi connectivity index (χ1n) is 5.40. The molecule has 1 aromatic carbocycles. The van der Waals surface area contributed by atoms with E-state index < -0.39 is 18.0 Å². The molecule has 0 saturated carbocycles. The lowest BCUT2D eigenvalue weighted by atomic mass is 10.1. The summed E-state index contributed by atoms with van der Waals surface area (Å²) in [6.45, 7) is 0.439. The van der Waals surface area contributed by atoms with E-state index in [0.717, 1.165) is 6.07 Å². The number of carboxylic acid groups (broad SMARTS) is 1. The molecule has 18 heavy (non-hydrogen) atoms. The van der Waals surface area contributed by atoms with E-state index >= 15 is 0 Å². The number of hydrogen-bond acceptors (Lipinski definition) is 3. The third-order valence-corrected chi connectivity index (χ3v) is 2.98. The van der Waals surface area contributed by atoms with Gasteiger partial charge in [-0.15, -0.1) is 0 Å². The van der Waals surface area contributed by atoms with Gasteiger partial charge in [-0.3, -0.25) is 0 Å². The monoisotopic (exact) mass is 253 g/mol. The van der Waals surface area contributed by atoms with Crippen molar-refractivity contribution in [2.45, 2.75) is 6.17 Å². The molecule has 4 nitrogen and oxygen atoms in total. The van der Waals surface area contributed by atoms with Gasteiger partial charge < -0.3 is 14.4 Å². The number of benzene rings is 1. The highest BCUT2D eigenvalue weighted by atomic mass is 19.1. The molecule has 2 heterocycles. The molecule has 0 atom stereocenters. The lowest BCUT2D eigenvalue weighted by molar-refractivity contribution is 0.0665. The Hall–Kier alpha value is -2.11. The van der Waals surface area contributed by atoms with Crippen LogP contribution in [0.25, 0.3) is 11.0 Å². The number of aromatic carboxylic acids is 1. The number of nitrogens with zero attached hydrogens (tertiary/aromatic N) is 1. The number of hydrogen-bond donors (Lipinski definition) is 1. The number of halogens is 2. The van der Waals surface area contributed by atoms with Crippen LogP contribution in [0, 0.1) is 5.82 Å². The number of rotatable bonds is 2. The lowest BCUT2D eigenvalue weighted by Gasteiger charge is -2.36. The molecule has 3 rings (SSSR count). The molecule has 1 aliphatic rings. The van der Waals surface area contributed by atoms with Gasteiger partial charge in [0.1, 0.15) is 17.6 Å². The van der Waals surface area contributed by atoms with Crippen molar-refractivity contribution in [3.63, 3.8) is 0 Å². The zero-order chi connectivity index (χ0) is 12.9. The van der Waals surface area contributed by atoms with Crippen LogP contribution in [0.3, 0.4) is 0 Å². The van der Waals surface area contributed by atoms with Gasteiger partial charge in [0, 0.05) is 17.8 Å². The number of anilines is 1. The van der Waals surface area contributed by atoms with Gasteiger partial charge in [0.15, 0.2) is 0 Å². The molecule has 2 aromatic rings. The minimum absolute atomic E-state index is 0.119. The number of alkyl halides is 1. The van der Waals surface area contributed by atoms with Crippen molar-refractivity contribution in [2.24, 2.45) is 0 Å². The Labute approximate surface area is 100 Å². The second-order valence-electron chi connectivity index (χ2n) is 4.26. The molecular formula is C12H9F2NO3. The van der Waals surface area contributed by atoms with Crippen molar-refractivity contribution < 1.29 is 23.1 Å². The Morgan fingerprint density at radius 3 is 2.72 bits per heavy atom. The van der Waals surface area contributed by atoms with Crippen LogP contribution in [-0.4, -0.2) is 30.3 Å². The first-order valence-corrected chi connectivity index (χ1v) is 5.40.